The van der Waals surface area contributed by atoms with Crippen molar-refractivity contribution in [3.8, 4) is 11.3 Å². The Morgan fingerprint density at radius 1 is 1.25 bits per heavy atom. The number of hydrogen-bond donors (Lipinski definition) is 0. The molecule has 0 aliphatic carbocycles. The maximum absolute atomic E-state index is 5.75. The molecule has 0 N–H and O–H groups in total. The zero-order valence-electron chi connectivity index (χ0n) is 14.0. The lowest BCUT2D eigenvalue weighted by atomic mass is 10.1. The minimum Gasteiger partial charge on any atom is -0.377 e. The predicted molar refractivity (Wildman–Crippen MR) is 97.6 cm³/mol. The lowest BCUT2D eigenvalue weighted by Crippen LogP contribution is -2.08. The van der Waals surface area contributed by atoms with Crippen molar-refractivity contribution >= 4 is 17.3 Å². The molecule has 1 saturated heterocycles. The number of aromatic nitrogens is 3. The molecule has 1 aromatic carbocycles. The van der Waals surface area contributed by atoms with Gasteiger partial charge in [0.25, 0.3) is 0 Å². The molecule has 4 rings (SSSR count). The van der Waals surface area contributed by atoms with Crippen LogP contribution in [0.1, 0.15) is 24.1 Å². The third-order valence-corrected chi connectivity index (χ3v) is 5.41. The van der Waals surface area contributed by atoms with Gasteiger partial charge in [0.1, 0.15) is 0 Å². The minimum atomic E-state index is 0.341. The third kappa shape index (κ3) is 2.94. The second-order valence-corrected chi connectivity index (χ2v) is 7.27. The Kier molecular flexibility index (Phi) is 4.29. The van der Waals surface area contributed by atoms with Gasteiger partial charge in [0, 0.05) is 17.9 Å². The number of benzene rings is 1. The summed E-state index contributed by atoms with van der Waals surface area (Å²) in [6, 6.07) is 12.5. The molecule has 0 radical (unpaired) electrons. The quantitative estimate of drug-likeness (QED) is 0.665. The van der Waals surface area contributed by atoms with Gasteiger partial charge < -0.3 is 4.74 Å². The molecule has 1 atom stereocenters. The number of hydrogen-bond acceptors (Lipinski definition) is 4. The monoisotopic (exact) mass is 339 g/mol. The van der Waals surface area contributed by atoms with Crippen LogP contribution in [0.5, 0.6) is 0 Å². The molecule has 124 valence electrons. The van der Waals surface area contributed by atoms with Gasteiger partial charge in [-0.3, -0.25) is 0 Å². The summed E-state index contributed by atoms with van der Waals surface area (Å²) < 4.78 is 7.75. The van der Waals surface area contributed by atoms with Crippen molar-refractivity contribution in [2.24, 2.45) is 0 Å². The fourth-order valence-electron chi connectivity index (χ4n) is 3.24. The summed E-state index contributed by atoms with van der Waals surface area (Å²) in [6.45, 7) is 5.05. The molecular formula is C19H21N3OS. The first-order chi connectivity index (χ1) is 11.7. The average molecular weight is 339 g/mol. The molecule has 0 unspecified atom stereocenters. The highest BCUT2D eigenvalue weighted by atomic mass is 32.2. The number of fused-ring (bicyclic) bond motifs is 1. The minimum absolute atomic E-state index is 0.341. The van der Waals surface area contributed by atoms with E-state index in [1.165, 1.54) is 12.0 Å². The van der Waals surface area contributed by atoms with Crippen LogP contribution < -0.4 is 0 Å². The van der Waals surface area contributed by atoms with Gasteiger partial charge >= 0.3 is 0 Å². The first kappa shape index (κ1) is 15.7. The summed E-state index contributed by atoms with van der Waals surface area (Å²) in [6.07, 6.45) is 2.65. The maximum atomic E-state index is 5.75. The van der Waals surface area contributed by atoms with Crippen LogP contribution >= 0.6 is 11.8 Å². The number of aryl methyl sites for hydroxylation is 2. The Bertz CT molecular complexity index is 854. The maximum Gasteiger partial charge on any atom is 0.190 e. The average Bonchev–Trinajstić information content (AvgIpc) is 3.21. The second kappa shape index (κ2) is 6.57. The Balaban J connectivity index is 1.78. The van der Waals surface area contributed by atoms with Crippen molar-refractivity contribution in [2.75, 3.05) is 12.4 Å². The van der Waals surface area contributed by atoms with Gasteiger partial charge in [-0.05, 0) is 38.3 Å². The molecular weight excluding hydrogens is 318 g/mol. The van der Waals surface area contributed by atoms with E-state index in [-0.39, 0.29) is 0 Å². The summed E-state index contributed by atoms with van der Waals surface area (Å²) >= 11 is 1.74. The normalized spacial score (nSPS) is 17.7. The van der Waals surface area contributed by atoms with Gasteiger partial charge in [-0.15, -0.1) is 0 Å². The van der Waals surface area contributed by atoms with E-state index >= 15 is 0 Å². The Labute approximate surface area is 146 Å². The number of imidazole rings is 1. The van der Waals surface area contributed by atoms with Crippen LogP contribution in [0.3, 0.4) is 0 Å². The lowest BCUT2D eigenvalue weighted by molar-refractivity contribution is 0.129. The van der Waals surface area contributed by atoms with Gasteiger partial charge in [0.15, 0.2) is 5.16 Å². The topological polar surface area (TPSA) is 39.4 Å². The number of rotatable bonds is 4. The molecule has 3 aromatic rings. The van der Waals surface area contributed by atoms with Crippen molar-refractivity contribution in [1.29, 1.82) is 0 Å². The first-order valence-electron chi connectivity index (χ1n) is 8.39. The van der Waals surface area contributed by atoms with Crippen molar-refractivity contribution < 1.29 is 4.74 Å². The van der Waals surface area contributed by atoms with Crippen LogP contribution in [-0.2, 0) is 4.74 Å². The van der Waals surface area contributed by atoms with E-state index in [0.29, 0.717) is 6.10 Å². The van der Waals surface area contributed by atoms with E-state index in [9.17, 15) is 0 Å². The molecule has 1 aliphatic heterocycles. The van der Waals surface area contributed by atoms with Crippen LogP contribution in [0, 0.1) is 13.8 Å². The van der Waals surface area contributed by atoms with Gasteiger partial charge in [-0.2, -0.15) is 5.10 Å². The summed E-state index contributed by atoms with van der Waals surface area (Å²) in [5, 5.41) is 5.67. The van der Waals surface area contributed by atoms with Gasteiger partial charge in [0.2, 0.25) is 0 Å². The predicted octanol–water partition coefficient (Wildman–Crippen LogP) is 4.28. The molecule has 0 bridgehead atoms. The number of thioether (sulfide) groups is 1. The largest absolute Gasteiger partial charge is 0.377 e. The highest BCUT2D eigenvalue weighted by Gasteiger charge is 2.20. The Hall–Kier alpha value is -1.85. The molecule has 0 spiro atoms. The molecule has 2 aromatic heterocycles. The lowest BCUT2D eigenvalue weighted by Gasteiger charge is -2.08. The van der Waals surface area contributed by atoms with Crippen LogP contribution in [0.2, 0.25) is 0 Å². The number of ether oxygens (including phenoxy) is 1. The van der Waals surface area contributed by atoms with Gasteiger partial charge in [0.05, 0.1) is 23.0 Å². The summed E-state index contributed by atoms with van der Waals surface area (Å²) in [5.41, 5.74) is 5.46. The van der Waals surface area contributed by atoms with Gasteiger partial charge in [-0.25, -0.2) is 9.50 Å². The fourth-order valence-corrected chi connectivity index (χ4v) is 4.25. The molecule has 0 saturated carbocycles. The molecule has 1 aliphatic rings. The molecule has 4 nitrogen and oxygen atoms in total. The van der Waals surface area contributed by atoms with E-state index in [2.05, 4.69) is 37.3 Å². The second-order valence-electron chi connectivity index (χ2n) is 6.28. The van der Waals surface area contributed by atoms with E-state index in [4.69, 9.17) is 14.8 Å². The fraction of sp³-hybridized carbons (Fsp3) is 0.368. The molecule has 0 amide bonds. The molecule has 24 heavy (non-hydrogen) atoms. The van der Waals surface area contributed by atoms with E-state index in [0.717, 1.165) is 46.4 Å². The van der Waals surface area contributed by atoms with Crippen LogP contribution in [0.25, 0.3) is 16.8 Å². The zero-order valence-corrected chi connectivity index (χ0v) is 14.8. The smallest absolute Gasteiger partial charge is 0.190 e. The van der Waals surface area contributed by atoms with E-state index in [1.54, 1.807) is 11.8 Å². The Morgan fingerprint density at radius 2 is 2.08 bits per heavy atom. The summed E-state index contributed by atoms with van der Waals surface area (Å²) in [5.74, 6) is 0.933. The van der Waals surface area contributed by atoms with Crippen molar-refractivity contribution in [2.45, 2.75) is 37.9 Å². The summed E-state index contributed by atoms with van der Waals surface area (Å²) in [4.78, 5) is 4.93. The first-order valence-corrected chi connectivity index (χ1v) is 9.38. The van der Waals surface area contributed by atoms with Crippen LogP contribution in [0.4, 0.5) is 0 Å². The SMILES string of the molecule is Cc1cc(C)c2c(-c3ccccc3)nc(SC[C@H]3CCCO3)n2n1. The van der Waals surface area contributed by atoms with Crippen LogP contribution in [0.15, 0.2) is 41.6 Å². The van der Waals surface area contributed by atoms with E-state index < -0.39 is 0 Å². The third-order valence-electron chi connectivity index (χ3n) is 4.35. The molecule has 1 fully saturated rings. The standard InChI is InChI=1S/C19H21N3OS/c1-13-11-14(2)21-22-18(13)17(15-7-4-3-5-8-15)20-19(22)24-12-16-9-6-10-23-16/h3-5,7-8,11,16H,6,9-10,12H2,1-2H3/t16-/m1/s1. The molecule has 3 heterocycles. The summed E-state index contributed by atoms with van der Waals surface area (Å²) in [7, 11) is 0. The highest BCUT2D eigenvalue weighted by molar-refractivity contribution is 7.99. The van der Waals surface area contributed by atoms with Crippen molar-refractivity contribution in [3.05, 3.63) is 47.7 Å². The zero-order chi connectivity index (χ0) is 16.5. The van der Waals surface area contributed by atoms with E-state index in [1.807, 2.05) is 17.5 Å². The van der Waals surface area contributed by atoms with Gasteiger partial charge in [-0.1, -0.05) is 42.1 Å². The molecule has 5 heteroatoms. The number of nitrogens with zero attached hydrogens (tertiary/aromatic N) is 3. The van der Waals surface area contributed by atoms with Crippen LogP contribution in [-0.4, -0.2) is 33.1 Å². The highest BCUT2D eigenvalue weighted by Crippen LogP contribution is 2.31. The van der Waals surface area contributed by atoms with Crippen molar-refractivity contribution in [3.63, 3.8) is 0 Å². The Morgan fingerprint density at radius 3 is 2.83 bits per heavy atom. The van der Waals surface area contributed by atoms with Crippen molar-refractivity contribution in [1.82, 2.24) is 14.6 Å².